The van der Waals surface area contributed by atoms with Crippen molar-refractivity contribution >= 4 is 54.5 Å². The lowest BCUT2D eigenvalue weighted by Gasteiger charge is -2.19. The number of furan rings is 1. The van der Waals surface area contributed by atoms with E-state index in [9.17, 15) is 0 Å². The fourth-order valence-electron chi connectivity index (χ4n) is 7.28. The number of imidazole rings is 1. The fourth-order valence-corrected chi connectivity index (χ4v) is 7.28. The van der Waals surface area contributed by atoms with Crippen LogP contribution >= 0.6 is 0 Å². The molecule has 3 nitrogen and oxygen atoms in total. The summed E-state index contributed by atoms with van der Waals surface area (Å²) in [6, 6.07) is 45.0. The van der Waals surface area contributed by atoms with Crippen LogP contribution < -0.4 is 0 Å². The molecule has 0 bridgehead atoms. The number of hydrogen-bond donors (Lipinski definition) is 0. The summed E-state index contributed by atoms with van der Waals surface area (Å²) in [6.45, 7) is 0. The maximum Gasteiger partial charge on any atom is 0.146 e. The maximum atomic E-state index is 9.04. The smallest absolute Gasteiger partial charge is 0.146 e. The lowest BCUT2D eigenvalue weighted by molar-refractivity contribution is 0.669. The molecule has 0 saturated carbocycles. The van der Waals surface area contributed by atoms with E-state index < -0.39 is 18.1 Å². The molecule has 8 aromatic carbocycles. The van der Waals surface area contributed by atoms with Crippen molar-refractivity contribution in [2.24, 2.45) is 0 Å². The first-order valence-corrected chi connectivity index (χ1v) is 15.9. The molecule has 0 saturated heterocycles. The molecule has 3 heteroatoms. The van der Waals surface area contributed by atoms with Crippen LogP contribution in [0.3, 0.4) is 0 Å². The zero-order chi connectivity index (χ0) is 36.0. The van der Waals surface area contributed by atoms with Crippen molar-refractivity contribution in [2.75, 3.05) is 0 Å². The van der Waals surface area contributed by atoms with Gasteiger partial charge in [0, 0.05) is 22.0 Å². The Morgan fingerprint density at radius 3 is 2.06 bits per heavy atom. The molecule has 0 atom stereocenters. The molecule has 0 aliphatic rings. The Labute approximate surface area is 284 Å². The summed E-state index contributed by atoms with van der Waals surface area (Å²) in [5.41, 5.74) is 7.94. The van der Waals surface area contributed by atoms with Gasteiger partial charge in [0.25, 0.3) is 0 Å². The molecule has 0 unspecified atom stereocenters. The largest absolute Gasteiger partial charge is 0.456 e. The molecule has 2 aromatic heterocycles. The SMILES string of the molecule is [2H]c1c([2H])c([2H])c(-n2c(-c3c4ccccc4c(-c4cccc5oc6ccccc6c45)c4cc(-c5ccccc5)ccc34)nc3ccccc32)c([2H])c1[2H]. The third-order valence-corrected chi connectivity index (χ3v) is 9.30. The van der Waals surface area contributed by atoms with Gasteiger partial charge in [0.2, 0.25) is 0 Å². The van der Waals surface area contributed by atoms with Gasteiger partial charge in [-0.15, -0.1) is 0 Å². The van der Waals surface area contributed by atoms with Crippen LogP contribution in [0.15, 0.2) is 174 Å². The van der Waals surface area contributed by atoms with Crippen molar-refractivity contribution < 1.29 is 11.3 Å². The lowest BCUT2D eigenvalue weighted by Crippen LogP contribution is -2.00. The highest BCUT2D eigenvalue weighted by Gasteiger charge is 2.24. The van der Waals surface area contributed by atoms with E-state index in [0.717, 1.165) is 71.3 Å². The van der Waals surface area contributed by atoms with Crippen LogP contribution in [0.1, 0.15) is 6.85 Å². The van der Waals surface area contributed by atoms with Gasteiger partial charge in [-0.05, 0) is 86.2 Å². The molecule has 0 aliphatic carbocycles. The van der Waals surface area contributed by atoms with E-state index >= 15 is 0 Å². The van der Waals surface area contributed by atoms with E-state index in [-0.39, 0.29) is 17.8 Å². The monoisotopic (exact) mass is 617 g/mol. The van der Waals surface area contributed by atoms with E-state index in [4.69, 9.17) is 16.3 Å². The second-order valence-electron chi connectivity index (χ2n) is 11.9. The summed E-state index contributed by atoms with van der Waals surface area (Å²) in [7, 11) is 0. The molecule has 0 aliphatic heterocycles. The van der Waals surface area contributed by atoms with Gasteiger partial charge in [0.15, 0.2) is 0 Å². The second-order valence-corrected chi connectivity index (χ2v) is 11.9. The van der Waals surface area contributed by atoms with Gasteiger partial charge in [-0.1, -0.05) is 127 Å². The molecule has 0 spiro atoms. The minimum absolute atomic E-state index is 0.0524. The normalized spacial score (nSPS) is 13.2. The van der Waals surface area contributed by atoms with Crippen LogP contribution in [-0.4, -0.2) is 9.55 Å². The minimum Gasteiger partial charge on any atom is -0.456 e. The molecular weight excluding hydrogens is 585 g/mol. The quantitative estimate of drug-likeness (QED) is 0.184. The van der Waals surface area contributed by atoms with Gasteiger partial charge >= 0.3 is 0 Å². The highest BCUT2D eigenvalue weighted by atomic mass is 16.3. The molecule has 2 heterocycles. The predicted octanol–water partition coefficient (Wildman–Crippen LogP) is 12.2. The lowest BCUT2D eigenvalue weighted by atomic mass is 9.85. The van der Waals surface area contributed by atoms with Crippen molar-refractivity contribution in [1.82, 2.24) is 9.55 Å². The van der Waals surface area contributed by atoms with Crippen LogP contribution in [0.2, 0.25) is 0 Å². The highest BCUT2D eigenvalue weighted by Crippen LogP contribution is 2.48. The molecule has 0 radical (unpaired) electrons. The molecule has 0 N–H and O–H groups in total. The Hall–Kier alpha value is -6.45. The molecule has 0 fully saturated rings. The van der Waals surface area contributed by atoms with Gasteiger partial charge in [-0.3, -0.25) is 4.57 Å². The second kappa shape index (κ2) is 10.5. The van der Waals surface area contributed by atoms with E-state index in [2.05, 4.69) is 54.6 Å². The molecule has 224 valence electrons. The number of para-hydroxylation sites is 4. The van der Waals surface area contributed by atoms with Crippen LogP contribution in [-0.2, 0) is 0 Å². The predicted molar refractivity (Wildman–Crippen MR) is 200 cm³/mol. The summed E-state index contributed by atoms with van der Waals surface area (Å²) in [6.07, 6.45) is 0. The van der Waals surface area contributed by atoms with E-state index in [1.54, 1.807) is 4.57 Å². The van der Waals surface area contributed by atoms with Crippen LogP contribution in [0, 0.1) is 0 Å². The first-order chi connectivity index (χ1) is 25.9. The first-order valence-electron chi connectivity index (χ1n) is 18.4. The molecular formula is C45H28N2O. The number of rotatable bonds is 4. The topological polar surface area (TPSA) is 31.0 Å². The van der Waals surface area contributed by atoms with Crippen molar-refractivity contribution in [2.45, 2.75) is 0 Å². The molecule has 10 aromatic rings. The summed E-state index contributed by atoms with van der Waals surface area (Å²) in [5, 5.41) is 5.85. The van der Waals surface area contributed by atoms with Crippen molar-refractivity contribution in [3.8, 4) is 39.3 Å². The van der Waals surface area contributed by atoms with Crippen molar-refractivity contribution in [3.05, 3.63) is 170 Å². The fraction of sp³-hybridized carbons (Fsp3) is 0. The number of hydrogen-bond acceptors (Lipinski definition) is 2. The van der Waals surface area contributed by atoms with Gasteiger partial charge in [0.05, 0.1) is 17.9 Å². The van der Waals surface area contributed by atoms with E-state index in [1.165, 1.54) is 0 Å². The van der Waals surface area contributed by atoms with Gasteiger partial charge < -0.3 is 4.42 Å². The van der Waals surface area contributed by atoms with Gasteiger partial charge in [0.1, 0.15) is 17.0 Å². The summed E-state index contributed by atoms with van der Waals surface area (Å²) < 4.78 is 51.7. The third-order valence-electron chi connectivity index (χ3n) is 9.30. The number of benzene rings is 8. The Morgan fingerprint density at radius 1 is 0.521 bits per heavy atom. The average molecular weight is 618 g/mol. The molecule has 48 heavy (non-hydrogen) atoms. The Bertz CT molecular complexity index is 3100. The highest BCUT2D eigenvalue weighted by molar-refractivity contribution is 6.26. The third kappa shape index (κ3) is 3.98. The molecule has 0 amide bonds. The van der Waals surface area contributed by atoms with E-state index in [1.807, 2.05) is 84.9 Å². The van der Waals surface area contributed by atoms with Gasteiger partial charge in [-0.25, -0.2) is 4.98 Å². The van der Waals surface area contributed by atoms with Gasteiger partial charge in [-0.2, -0.15) is 0 Å². The Balaban J connectivity index is 1.41. The zero-order valence-electron chi connectivity index (χ0n) is 30.6. The summed E-state index contributed by atoms with van der Waals surface area (Å²) in [4.78, 5) is 5.20. The Morgan fingerprint density at radius 2 is 1.21 bits per heavy atom. The minimum atomic E-state index is -0.440. The summed E-state index contributed by atoms with van der Waals surface area (Å²) in [5.74, 6) is 0.483. The van der Waals surface area contributed by atoms with Crippen LogP contribution in [0.4, 0.5) is 0 Å². The van der Waals surface area contributed by atoms with Crippen LogP contribution in [0.5, 0.6) is 0 Å². The zero-order valence-corrected chi connectivity index (χ0v) is 25.6. The number of aromatic nitrogens is 2. The van der Waals surface area contributed by atoms with Crippen LogP contribution in [0.25, 0.3) is 93.8 Å². The van der Waals surface area contributed by atoms with Crippen molar-refractivity contribution in [1.29, 1.82) is 0 Å². The molecule has 10 rings (SSSR count). The average Bonchev–Trinajstić information content (AvgIpc) is 3.77. The Kier molecular flexibility index (Phi) is 4.86. The maximum absolute atomic E-state index is 9.04. The standard InChI is InChI=1S/C45H28N2O/c1-3-14-29(15-4-1)30-26-27-34-37(28-30)42(36-21-13-25-41-43(36)35-20-9-12-24-40(35)48-41)32-18-7-8-19-33(32)44(34)45-46-38-22-10-11-23-39(38)47(45)31-16-5-2-6-17-31/h1-28H/i2D,5D,6D,16D,17D. The van der Waals surface area contributed by atoms with Crippen molar-refractivity contribution in [3.63, 3.8) is 0 Å². The number of nitrogens with zero attached hydrogens (tertiary/aromatic N) is 2. The first kappa shape index (κ1) is 22.1. The summed E-state index contributed by atoms with van der Waals surface area (Å²) >= 11 is 0. The number of fused-ring (bicyclic) bond motifs is 6. The van der Waals surface area contributed by atoms with E-state index in [0.29, 0.717) is 16.9 Å².